The number of halogens is 1. The fourth-order valence-electron chi connectivity index (χ4n) is 2.68. The normalized spacial score (nSPS) is 16.2. The molecule has 0 aromatic heterocycles. The van der Waals surface area contributed by atoms with E-state index in [0.29, 0.717) is 44.7 Å². The Hall–Kier alpha value is -0.910. The number of hydrogen-bond acceptors (Lipinski definition) is 4. The first-order valence-corrected chi connectivity index (χ1v) is 10.7. The largest absolute Gasteiger partial charge is 0.379 e. The Balaban J connectivity index is 0.00000364. The number of morpholine rings is 1. The van der Waals surface area contributed by atoms with Crippen molar-refractivity contribution in [2.24, 2.45) is 16.6 Å². The van der Waals surface area contributed by atoms with Gasteiger partial charge < -0.3 is 15.8 Å². The summed E-state index contributed by atoms with van der Waals surface area (Å²) in [5.74, 6) is 0.956. The number of sulfonamides is 1. The van der Waals surface area contributed by atoms with Crippen molar-refractivity contribution in [2.45, 2.75) is 32.6 Å². The maximum atomic E-state index is 12.6. The first kappa shape index (κ1) is 24.1. The quantitative estimate of drug-likeness (QED) is 0.317. The molecule has 0 amide bonds. The van der Waals surface area contributed by atoms with Crippen molar-refractivity contribution in [3.8, 4) is 0 Å². The van der Waals surface area contributed by atoms with Crippen LogP contribution in [0.4, 0.5) is 0 Å². The molecule has 1 saturated heterocycles. The van der Waals surface area contributed by atoms with Crippen LogP contribution in [0.1, 0.15) is 31.4 Å². The van der Waals surface area contributed by atoms with Gasteiger partial charge in [0.2, 0.25) is 10.0 Å². The summed E-state index contributed by atoms with van der Waals surface area (Å²) in [5, 5.41) is 3.09. The number of rotatable bonds is 8. The van der Waals surface area contributed by atoms with Gasteiger partial charge in [-0.25, -0.2) is 13.4 Å². The van der Waals surface area contributed by atoms with Crippen LogP contribution >= 0.6 is 24.0 Å². The summed E-state index contributed by atoms with van der Waals surface area (Å²) in [5.41, 5.74) is 7.54. The van der Waals surface area contributed by atoms with E-state index in [1.165, 1.54) is 4.31 Å². The van der Waals surface area contributed by atoms with Gasteiger partial charge in [0.1, 0.15) is 0 Å². The van der Waals surface area contributed by atoms with Crippen LogP contribution in [-0.4, -0.2) is 51.5 Å². The molecule has 154 valence electrons. The number of nitrogens with zero attached hydrogens (tertiary/aromatic N) is 2. The van der Waals surface area contributed by atoms with Crippen LogP contribution in [0.25, 0.3) is 0 Å². The van der Waals surface area contributed by atoms with E-state index < -0.39 is 10.0 Å². The lowest BCUT2D eigenvalue weighted by Gasteiger charge is -2.26. The SMILES string of the molecule is CC(C)CCNC(N)=NCc1ccccc1CS(=O)(=O)N1CCOCC1.I. The van der Waals surface area contributed by atoms with Crippen molar-refractivity contribution in [2.75, 3.05) is 32.8 Å². The molecule has 0 unspecified atom stereocenters. The van der Waals surface area contributed by atoms with Gasteiger partial charge in [0.15, 0.2) is 5.96 Å². The summed E-state index contributed by atoms with van der Waals surface area (Å²) in [6.07, 6.45) is 1.02. The number of ether oxygens (including phenoxy) is 1. The second kappa shape index (κ2) is 11.8. The first-order chi connectivity index (χ1) is 12.4. The number of benzene rings is 1. The number of nitrogens with two attached hydrogens (primary N) is 1. The highest BCUT2D eigenvalue weighted by Gasteiger charge is 2.25. The zero-order valence-electron chi connectivity index (χ0n) is 16.1. The van der Waals surface area contributed by atoms with Gasteiger partial charge in [-0.3, -0.25) is 0 Å². The van der Waals surface area contributed by atoms with Gasteiger partial charge in [0.05, 0.1) is 25.5 Å². The minimum absolute atomic E-state index is 0. The summed E-state index contributed by atoms with van der Waals surface area (Å²) in [7, 11) is -3.36. The van der Waals surface area contributed by atoms with Crippen molar-refractivity contribution < 1.29 is 13.2 Å². The zero-order chi connectivity index (χ0) is 19.0. The fraction of sp³-hybridized carbons (Fsp3) is 0.611. The van der Waals surface area contributed by atoms with E-state index in [4.69, 9.17) is 10.5 Å². The molecular weight excluding hydrogens is 479 g/mol. The minimum atomic E-state index is -3.36. The highest BCUT2D eigenvalue weighted by atomic mass is 127. The summed E-state index contributed by atoms with van der Waals surface area (Å²) >= 11 is 0. The van der Waals surface area contributed by atoms with Crippen molar-refractivity contribution in [1.29, 1.82) is 0 Å². The van der Waals surface area contributed by atoms with Crippen molar-refractivity contribution in [1.82, 2.24) is 9.62 Å². The number of hydrogen-bond donors (Lipinski definition) is 2. The molecular formula is C18H31IN4O3S. The van der Waals surface area contributed by atoms with Crippen LogP contribution in [0.2, 0.25) is 0 Å². The summed E-state index contributed by atoms with van der Waals surface area (Å²) in [6, 6.07) is 7.47. The molecule has 0 spiro atoms. The third-order valence-electron chi connectivity index (χ3n) is 4.27. The Morgan fingerprint density at radius 3 is 2.52 bits per heavy atom. The van der Waals surface area contributed by atoms with E-state index in [1.807, 2.05) is 24.3 Å². The Kier molecular flexibility index (Phi) is 10.6. The van der Waals surface area contributed by atoms with Crippen LogP contribution in [0.5, 0.6) is 0 Å². The molecule has 1 aromatic rings. The predicted octanol–water partition coefficient (Wildman–Crippen LogP) is 1.92. The second-order valence-corrected chi connectivity index (χ2v) is 8.82. The lowest BCUT2D eigenvalue weighted by Crippen LogP contribution is -2.41. The molecule has 2 rings (SSSR count). The van der Waals surface area contributed by atoms with Gasteiger partial charge >= 0.3 is 0 Å². The Morgan fingerprint density at radius 2 is 1.89 bits per heavy atom. The first-order valence-electron chi connectivity index (χ1n) is 9.04. The zero-order valence-corrected chi connectivity index (χ0v) is 19.2. The number of aliphatic imine (C=N–C) groups is 1. The van der Waals surface area contributed by atoms with Crippen LogP contribution in [0, 0.1) is 5.92 Å². The highest BCUT2D eigenvalue weighted by Crippen LogP contribution is 2.17. The second-order valence-electron chi connectivity index (χ2n) is 6.85. The maximum absolute atomic E-state index is 12.6. The molecule has 0 radical (unpaired) electrons. The van der Waals surface area contributed by atoms with Gasteiger partial charge in [0.25, 0.3) is 0 Å². The number of nitrogens with one attached hydrogen (secondary N) is 1. The topological polar surface area (TPSA) is 97.0 Å². The smallest absolute Gasteiger partial charge is 0.218 e. The third kappa shape index (κ3) is 8.32. The van der Waals surface area contributed by atoms with Crippen molar-refractivity contribution in [3.63, 3.8) is 0 Å². The van der Waals surface area contributed by atoms with E-state index in [-0.39, 0.29) is 29.7 Å². The average Bonchev–Trinajstić information content (AvgIpc) is 2.61. The molecule has 3 N–H and O–H groups in total. The van der Waals surface area contributed by atoms with E-state index in [2.05, 4.69) is 24.2 Å². The molecule has 1 heterocycles. The van der Waals surface area contributed by atoms with Crippen LogP contribution < -0.4 is 11.1 Å². The van der Waals surface area contributed by atoms with Gasteiger partial charge in [0, 0.05) is 19.6 Å². The standard InChI is InChI=1S/C18H30N4O3S.HI/c1-15(2)7-8-20-18(19)21-13-16-5-3-4-6-17(16)14-26(23,24)22-9-11-25-12-10-22;/h3-6,15H,7-14H2,1-2H3,(H3,19,20,21);1H. The van der Waals surface area contributed by atoms with Gasteiger partial charge in [-0.2, -0.15) is 4.31 Å². The number of guanidine groups is 1. The lowest BCUT2D eigenvalue weighted by molar-refractivity contribution is 0.0729. The van der Waals surface area contributed by atoms with Crippen LogP contribution in [0.3, 0.4) is 0 Å². The molecule has 9 heteroatoms. The Labute approximate surface area is 179 Å². The minimum Gasteiger partial charge on any atom is -0.379 e. The van der Waals surface area contributed by atoms with Crippen molar-refractivity contribution in [3.05, 3.63) is 35.4 Å². The average molecular weight is 510 g/mol. The van der Waals surface area contributed by atoms with E-state index >= 15 is 0 Å². The van der Waals surface area contributed by atoms with E-state index in [9.17, 15) is 8.42 Å². The van der Waals surface area contributed by atoms with Gasteiger partial charge in [-0.15, -0.1) is 24.0 Å². The monoisotopic (exact) mass is 510 g/mol. The molecule has 1 aliphatic heterocycles. The molecule has 0 aliphatic carbocycles. The van der Waals surface area contributed by atoms with E-state index in [0.717, 1.165) is 24.1 Å². The highest BCUT2D eigenvalue weighted by molar-refractivity contribution is 14.0. The maximum Gasteiger partial charge on any atom is 0.218 e. The van der Waals surface area contributed by atoms with E-state index in [1.54, 1.807) is 0 Å². The van der Waals surface area contributed by atoms with Gasteiger partial charge in [-0.05, 0) is 23.5 Å². The van der Waals surface area contributed by atoms with Gasteiger partial charge in [-0.1, -0.05) is 38.1 Å². The molecule has 7 nitrogen and oxygen atoms in total. The molecule has 1 aliphatic rings. The Bertz CT molecular complexity index is 704. The molecule has 1 fully saturated rings. The van der Waals surface area contributed by atoms with Crippen molar-refractivity contribution >= 4 is 40.0 Å². The molecule has 0 saturated carbocycles. The summed E-state index contributed by atoms with van der Waals surface area (Å²) < 4.78 is 32.0. The summed E-state index contributed by atoms with van der Waals surface area (Å²) in [4.78, 5) is 4.35. The Morgan fingerprint density at radius 1 is 1.26 bits per heavy atom. The molecule has 1 aromatic carbocycles. The fourth-order valence-corrected chi connectivity index (χ4v) is 4.24. The molecule has 27 heavy (non-hydrogen) atoms. The molecule has 0 bridgehead atoms. The third-order valence-corrected chi connectivity index (χ3v) is 6.10. The van der Waals surface area contributed by atoms with Crippen LogP contribution in [0.15, 0.2) is 29.3 Å². The lowest BCUT2D eigenvalue weighted by atomic mass is 10.1. The molecule has 0 atom stereocenters. The predicted molar refractivity (Wildman–Crippen MR) is 120 cm³/mol. The van der Waals surface area contributed by atoms with Crippen LogP contribution in [-0.2, 0) is 27.1 Å². The summed E-state index contributed by atoms with van der Waals surface area (Å²) in [6.45, 7) is 7.16.